The highest BCUT2D eigenvalue weighted by Gasteiger charge is 2.41. The van der Waals surface area contributed by atoms with Gasteiger partial charge in [-0.2, -0.15) is 4.31 Å². The van der Waals surface area contributed by atoms with Crippen LogP contribution in [0.4, 0.5) is 0 Å². The van der Waals surface area contributed by atoms with Gasteiger partial charge in [0.2, 0.25) is 15.9 Å². The summed E-state index contributed by atoms with van der Waals surface area (Å²) in [6, 6.07) is 6.57. The van der Waals surface area contributed by atoms with E-state index in [9.17, 15) is 13.2 Å². The maximum atomic E-state index is 13.0. The average molecular weight is 402 g/mol. The number of hydrogen-bond acceptors (Lipinski definition) is 4. The lowest BCUT2D eigenvalue weighted by Crippen LogP contribution is -2.53. The topological polar surface area (TPSA) is 69.7 Å². The van der Waals surface area contributed by atoms with Crippen molar-refractivity contribution >= 4 is 28.3 Å². The van der Waals surface area contributed by atoms with Crippen molar-refractivity contribution in [1.82, 2.24) is 14.5 Å². The molecule has 0 saturated carbocycles. The van der Waals surface area contributed by atoms with Gasteiger partial charge in [0.1, 0.15) is 6.04 Å². The maximum Gasteiger partial charge on any atom is 0.243 e. The third kappa shape index (κ3) is 4.22. The van der Waals surface area contributed by atoms with E-state index >= 15 is 0 Å². The Kier molecular flexibility index (Phi) is 7.07. The molecule has 2 aliphatic rings. The predicted octanol–water partition coefficient (Wildman–Crippen LogP) is 1.78. The molecular weight excluding hydrogens is 374 g/mol. The monoisotopic (exact) mass is 401 g/mol. The van der Waals surface area contributed by atoms with Crippen molar-refractivity contribution in [3.8, 4) is 0 Å². The van der Waals surface area contributed by atoms with E-state index in [0.29, 0.717) is 32.1 Å². The van der Waals surface area contributed by atoms with Gasteiger partial charge in [0.15, 0.2) is 0 Å². The third-order valence-electron chi connectivity index (χ3n) is 5.26. The van der Waals surface area contributed by atoms with Gasteiger partial charge in [0, 0.05) is 25.7 Å². The van der Waals surface area contributed by atoms with E-state index in [1.54, 1.807) is 24.3 Å². The van der Waals surface area contributed by atoms with Gasteiger partial charge in [0.05, 0.1) is 4.90 Å². The van der Waals surface area contributed by atoms with Crippen LogP contribution >= 0.6 is 12.4 Å². The van der Waals surface area contributed by atoms with E-state index in [1.807, 2.05) is 18.9 Å². The number of halogens is 1. The number of nitrogens with zero attached hydrogens (tertiary/aromatic N) is 2. The summed E-state index contributed by atoms with van der Waals surface area (Å²) in [6.45, 7) is 3.71. The number of amides is 1. The zero-order chi connectivity index (χ0) is 18.0. The Morgan fingerprint density at radius 1 is 1.12 bits per heavy atom. The quantitative estimate of drug-likeness (QED) is 0.834. The summed E-state index contributed by atoms with van der Waals surface area (Å²) in [7, 11) is -1.73. The number of carbonyl (C=O) groups excluding carboxylic acids is 1. The Morgan fingerprint density at radius 3 is 2.42 bits per heavy atom. The fourth-order valence-electron chi connectivity index (χ4n) is 3.74. The molecule has 8 heteroatoms. The van der Waals surface area contributed by atoms with Crippen LogP contribution in [0.15, 0.2) is 29.2 Å². The second-order valence-corrected chi connectivity index (χ2v) is 8.89. The summed E-state index contributed by atoms with van der Waals surface area (Å²) >= 11 is 0. The van der Waals surface area contributed by atoms with Crippen LogP contribution in [0.3, 0.4) is 0 Å². The first-order chi connectivity index (χ1) is 11.9. The maximum absolute atomic E-state index is 13.0. The first-order valence-corrected chi connectivity index (χ1v) is 10.4. The number of likely N-dealkylation sites (N-methyl/N-ethyl adjacent to an activating group) is 1. The Hall–Kier alpha value is -1.15. The van der Waals surface area contributed by atoms with Crippen molar-refractivity contribution in [2.45, 2.75) is 49.6 Å². The minimum atomic E-state index is -3.64. The number of rotatable bonds is 4. The Morgan fingerprint density at radius 2 is 1.77 bits per heavy atom. The SMILES string of the molecule is CNC1CCCN(C(=O)C2CCCN2S(=O)(=O)c2ccc(C)cc2)C1.Cl. The molecular formula is C18H28ClN3O3S. The third-order valence-corrected chi connectivity index (χ3v) is 7.18. The molecule has 146 valence electrons. The van der Waals surface area contributed by atoms with Crippen molar-refractivity contribution in [2.24, 2.45) is 0 Å². The van der Waals surface area contributed by atoms with Crippen LogP contribution in [-0.2, 0) is 14.8 Å². The number of carbonyl (C=O) groups is 1. The summed E-state index contributed by atoms with van der Waals surface area (Å²) in [4.78, 5) is 15.1. The van der Waals surface area contributed by atoms with Crippen molar-refractivity contribution in [2.75, 3.05) is 26.7 Å². The van der Waals surface area contributed by atoms with Gasteiger partial charge in [-0.15, -0.1) is 12.4 Å². The molecule has 2 heterocycles. The zero-order valence-electron chi connectivity index (χ0n) is 15.3. The molecule has 0 bridgehead atoms. The van der Waals surface area contributed by atoms with Crippen LogP contribution in [0, 0.1) is 6.92 Å². The molecule has 0 spiro atoms. The van der Waals surface area contributed by atoms with Crippen LogP contribution in [0.2, 0.25) is 0 Å². The van der Waals surface area contributed by atoms with Gasteiger partial charge in [-0.25, -0.2) is 8.42 Å². The molecule has 2 aliphatic heterocycles. The molecule has 2 fully saturated rings. The molecule has 1 amide bonds. The molecule has 3 rings (SSSR count). The summed E-state index contributed by atoms with van der Waals surface area (Å²) in [5.41, 5.74) is 1.01. The number of likely N-dealkylation sites (tertiary alicyclic amines) is 1. The lowest BCUT2D eigenvalue weighted by atomic mass is 10.0. The Labute approximate surface area is 162 Å². The molecule has 2 atom stereocenters. The van der Waals surface area contributed by atoms with Gasteiger partial charge >= 0.3 is 0 Å². The molecule has 0 radical (unpaired) electrons. The first kappa shape index (κ1) is 21.2. The molecule has 26 heavy (non-hydrogen) atoms. The summed E-state index contributed by atoms with van der Waals surface area (Å²) in [5, 5.41) is 3.23. The number of benzene rings is 1. The minimum absolute atomic E-state index is 0. The molecule has 1 N–H and O–H groups in total. The second kappa shape index (κ2) is 8.69. The van der Waals surface area contributed by atoms with Crippen molar-refractivity contribution in [3.05, 3.63) is 29.8 Å². The summed E-state index contributed by atoms with van der Waals surface area (Å²) in [6.07, 6.45) is 3.33. The largest absolute Gasteiger partial charge is 0.340 e. The average Bonchev–Trinajstić information content (AvgIpc) is 3.12. The molecule has 0 aliphatic carbocycles. The Bertz CT molecular complexity index is 724. The first-order valence-electron chi connectivity index (χ1n) is 8.98. The molecule has 6 nitrogen and oxygen atoms in total. The van der Waals surface area contributed by atoms with E-state index in [4.69, 9.17) is 0 Å². The highest BCUT2D eigenvalue weighted by molar-refractivity contribution is 7.89. The molecule has 1 aromatic carbocycles. The number of aryl methyl sites for hydroxylation is 1. The van der Waals surface area contributed by atoms with Crippen molar-refractivity contribution in [1.29, 1.82) is 0 Å². The van der Waals surface area contributed by atoms with Gasteiger partial charge in [-0.1, -0.05) is 17.7 Å². The van der Waals surface area contributed by atoms with Crippen LogP contribution in [0.25, 0.3) is 0 Å². The van der Waals surface area contributed by atoms with Crippen LogP contribution < -0.4 is 5.32 Å². The number of nitrogens with one attached hydrogen (secondary N) is 1. The van der Waals surface area contributed by atoms with E-state index in [2.05, 4.69) is 5.32 Å². The van der Waals surface area contributed by atoms with E-state index < -0.39 is 16.1 Å². The standard InChI is InChI=1S/C18H27N3O3S.ClH/c1-14-7-9-16(10-8-14)25(23,24)21-12-4-6-17(21)18(22)20-11-3-5-15(13-20)19-2;/h7-10,15,17,19H,3-6,11-13H2,1-2H3;1H. The normalized spacial score (nSPS) is 24.3. The van der Waals surface area contributed by atoms with Crippen LogP contribution in [0.5, 0.6) is 0 Å². The molecule has 0 aromatic heterocycles. The molecule has 2 unspecified atom stereocenters. The summed E-state index contributed by atoms with van der Waals surface area (Å²) in [5.74, 6) is -0.0480. The molecule has 1 aromatic rings. The highest BCUT2D eigenvalue weighted by atomic mass is 35.5. The fourth-order valence-corrected chi connectivity index (χ4v) is 5.39. The predicted molar refractivity (Wildman–Crippen MR) is 104 cm³/mol. The van der Waals surface area contributed by atoms with Crippen LogP contribution in [-0.4, -0.2) is 62.3 Å². The van der Waals surface area contributed by atoms with Gasteiger partial charge in [-0.05, 0) is 51.8 Å². The van der Waals surface area contributed by atoms with Crippen molar-refractivity contribution < 1.29 is 13.2 Å². The second-order valence-electron chi connectivity index (χ2n) is 7.00. The zero-order valence-corrected chi connectivity index (χ0v) is 17.0. The van der Waals surface area contributed by atoms with E-state index in [-0.39, 0.29) is 23.2 Å². The smallest absolute Gasteiger partial charge is 0.243 e. The van der Waals surface area contributed by atoms with Gasteiger partial charge < -0.3 is 10.2 Å². The van der Waals surface area contributed by atoms with Crippen LogP contribution in [0.1, 0.15) is 31.2 Å². The number of hydrogen-bond donors (Lipinski definition) is 1. The van der Waals surface area contributed by atoms with Gasteiger partial charge in [-0.3, -0.25) is 4.79 Å². The van der Waals surface area contributed by atoms with Gasteiger partial charge in [0.25, 0.3) is 0 Å². The minimum Gasteiger partial charge on any atom is -0.340 e. The number of piperidine rings is 1. The molecule has 2 saturated heterocycles. The number of sulfonamides is 1. The lowest BCUT2D eigenvalue weighted by Gasteiger charge is -2.35. The van der Waals surface area contributed by atoms with Crippen molar-refractivity contribution in [3.63, 3.8) is 0 Å². The van der Waals surface area contributed by atoms with E-state index in [0.717, 1.165) is 24.8 Å². The summed E-state index contributed by atoms with van der Waals surface area (Å²) < 4.78 is 27.4. The Balaban J connectivity index is 0.00000243. The lowest BCUT2D eigenvalue weighted by molar-refractivity contribution is -0.136. The fraction of sp³-hybridized carbons (Fsp3) is 0.611. The highest BCUT2D eigenvalue weighted by Crippen LogP contribution is 2.28. The van der Waals surface area contributed by atoms with E-state index in [1.165, 1.54) is 4.31 Å².